The summed E-state index contributed by atoms with van der Waals surface area (Å²) in [4.78, 5) is 26.5. The van der Waals surface area contributed by atoms with Crippen LogP contribution >= 0.6 is 0 Å². The molecule has 0 unspecified atom stereocenters. The highest BCUT2D eigenvalue weighted by Gasteiger charge is 2.26. The number of anilines is 1. The van der Waals surface area contributed by atoms with Gasteiger partial charge in [-0.05, 0) is 45.2 Å². The third-order valence-electron chi connectivity index (χ3n) is 5.67. The van der Waals surface area contributed by atoms with Crippen LogP contribution in [0.1, 0.15) is 43.5 Å². The van der Waals surface area contributed by atoms with Crippen molar-refractivity contribution in [3.8, 4) is 28.6 Å². The van der Waals surface area contributed by atoms with Crippen LogP contribution in [0.15, 0.2) is 18.3 Å². The summed E-state index contributed by atoms with van der Waals surface area (Å²) in [5.74, 6) is 2.63. The van der Waals surface area contributed by atoms with Crippen LogP contribution in [-0.4, -0.2) is 68.3 Å². The molecule has 0 N–H and O–H groups in total. The molecule has 8 heteroatoms. The van der Waals surface area contributed by atoms with Gasteiger partial charge in [-0.1, -0.05) is 0 Å². The van der Waals surface area contributed by atoms with Gasteiger partial charge in [0.15, 0.2) is 17.3 Å². The topological polar surface area (TPSA) is 77.0 Å². The molecule has 0 radical (unpaired) electrons. The van der Waals surface area contributed by atoms with Crippen LogP contribution in [0.4, 0.5) is 5.82 Å². The molecule has 1 saturated heterocycles. The van der Waals surface area contributed by atoms with Gasteiger partial charge in [0, 0.05) is 37.9 Å². The van der Waals surface area contributed by atoms with E-state index >= 15 is 0 Å². The molecular weight excluding hydrogens is 396 g/mol. The molecule has 3 rings (SSSR count). The summed E-state index contributed by atoms with van der Waals surface area (Å²) in [6.07, 6.45) is 4.87. The van der Waals surface area contributed by atoms with Crippen molar-refractivity contribution in [2.45, 2.75) is 39.2 Å². The predicted molar refractivity (Wildman–Crippen MR) is 120 cm³/mol. The van der Waals surface area contributed by atoms with Crippen LogP contribution in [0.2, 0.25) is 0 Å². The van der Waals surface area contributed by atoms with E-state index in [9.17, 15) is 4.79 Å². The molecule has 0 saturated carbocycles. The van der Waals surface area contributed by atoms with E-state index in [-0.39, 0.29) is 11.9 Å². The Bertz CT molecular complexity index is 901. The van der Waals surface area contributed by atoms with Crippen molar-refractivity contribution in [3.05, 3.63) is 23.9 Å². The van der Waals surface area contributed by atoms with Gasteiger partial charge in [0.1, 0.15) is 11.4 Å². The third-order valence-corrected chi connectivity index (χ3v) is 5.67. The summed E-state index contributed by atoms with van der Waals surface area (Å²) >= 11 is 0. The number of methoxy groups -OCH3 is 3. The predicted octanol–water partition coefficient (Wildman–Crippen LogP) is 3.64. The zero-order chi connectivity index (χ0) is 22.5. The molecule has 0 bridgehead atoms. The Labute approximate surface area is 184 Å². The fourth-order valence-electron chi connectivity index (χ4n) is 3.65. The summed E-state index contributed by atoms with van der Waals surface area (Å²) < 4.78 is 16.3. The minimum atomic E-state index is -0.0151. The lowest BCUT2D eigenvalue weighted by atomic mass is 10.1. The molecular formula is C23H32N4O4. The Balaban J connectivity index is 2.09. The summed E-state index contributed by atoms with van der Waals surface area (Å²) in [5.41, 5.74) is 1.24. The van der Waals surface area contributed by atoms with Gasteiger partial charge in [-0.25, -0.2) is 9.97 Å². The van der Waals surface area contributed by atoms with Crippen LogP contribution in [0.3, 0.4) is 0 Å². The monoisotopic (exact) mass is 428 g/mol. The number of aromatic nitrogens is 2. The van der Waals surface area contributed by atoms with Gasteiger partial charge in [0.2, 0.25) is 5.75 Å². The average molecular weight is 429 g/mol. The smallest absolute Gasteiger partial charge is 0.259 e. The molecule has 168 valence electrons. The number of hydrogen-bond donors (Lipinski definition) is 0. The number of carbonyl (C=O) groups excluding carboxylic acids is 1. The van der Waals surface area contributed by atoms with Crippen LogP contribution in [0.25, 0.3) is 11.4 Å². The molecule has 0 spiro atoms. The van der Waals surface area contributed by atoms with E-state index in [0.717, 1.165) is 25.9 Å². The molecule has 0 atom stereocenters. The molecule has 1 amide bonds. The van der Waals surface area contributed by atoms with E-state index in [2.05, 4.69) is 18.8 Å². The lowest BCUT2D eigenvalue weighted by molar-refractivity contribution is 0.0724. The summed E-state index contributed by atoms with van der Waals surface area (Å²) in [6, 6.07) is 3.78. The fraction of sp³-hybridized carbons (Fsp3) is 0.522. The molecule has 1 aromatic heterocycles. The quantitative estimate of drug-likeness (QED) is 0.666. The molecule has 1 aliphatic heterocycles. The van der Waals surface area contributed by atoms with E-state index in [1.54, 1.807) is 27.5 Å². The minimum Gasteiger partial charge on any atom is -0.493 e. The lowest BCUT2D eigenvalue weighted by Crippen LogP contribution is -2.37. The number of piperidine rings is 1. The fourth-order valence-corrected chi connectivity index (χ4v) is 3.65. The average Bonchev–Trinajstić information content (AvgIpc) is 2.82. The van der Waals surface area contributed by atoms with Crippen LogP contribution < -0.4 is 19.1 Å². The number of rotatable bonds is 7. The number of carbonyl (C=O) groups is 1. The lowest BCUT2D eigenvalue weighted by Gasteiger charge is -2.30. The molecule has 2 aromatic rings. The number of hydrogen-bond acceptors (Lipinski definition) is 7. The first kappa shape index (κ1) is 22.7. The summed E-state index contributed by atoms with van der Waals surface area (Å²) in [5, 5.41) is 0. The van der Waals surface area contributed by atoms with Gasteiger partial charge in [0.05, 0.1) is 21.3 Å². The molecule has 1 aliphatic rings. The second-order valence-electron chi connectivity index (χ2n) is 7.90. The van der Waals surface area contributed by atoms with Crippen molar-refractivity contribution in [1.82, 2.24) is 14.9 Å². The Morgan fingerprint density at radius 1 is 1.03 bits per heavy atom. The Morgan fingerprint density at radius 2 is 1.65 bits per heavy atom. The normalized spacial score (nSPS) is 13.8. The molecule has 1 fully saturated rings. The number of nitrogens with zero attached hydrogens (tertiary/aromatic N) is 4. The number of ether oxygens (including phenoxy) is 3. The van der Waals surface area contributed by atoms with Crippen LogP contribution in [0.5, 0.6) is 17.2 Å². The van der Waals surface area contributed by atoms with Crippen LogP contribution in [0, 0.1) is 0 Å². The van der Waals surface area contributed by atoms with Crippen molar-refractivity contribution in [2.24, 2.45) is 0 Å². The second kappa shape index (κ2) is 9.85. The van der Waals surface area contributed by atoms with E-state index in [4.69, 9.17) is 19.2 Å². The highest BCUT2D eigenvalue weighted by atomic mass is 16.5. The zero-order valence-corrected chi connectivity index (χ0v) is 19.3. The van der Waals surface area contributed by atoms with Crippen LogP contribution in [-0.2, 0) is 0 Å². The van der Waals surface area contributed by atoms with Gasteiger partial charge >= 0.3 is 0 Å². The second-order valence-corrected chi connectivity index (χ2v) is 7.90. The molecule has 2 heterocycles. The maximum absolute atomic E-state index is 13.2. The molecule has 1 aromatic carbocycles. The van der Waals surface area contributed by atoms with Gasteiger partial charge in [0.25, 0.3) is 5.91 Å². The molecule has 31 heavy (non-hydrogen) atoms. The van der Waals surface area contributed by atoms with Crippen molar-refractivity contribution in [1.29, 1.82) is 0 Å². The van der Waals surface area contributed by atoms with E-state index in [1.165, 1.54) is 6.42 Å². The SMILES string of the molecule is COc1cc(-c2ncc(C(=O)N3CCCCC3)c(N(C)C(C)C)n2)cc(OC)c1OC. The maximum Gasteiger partial charge on any atom is 0.259 e. The van der Waals surface area contributed by atoms with Crippen molar-refractivity contribution < 1.29 is 19.0 Å². The van der Waals surface area contributed by atoms with Gasteiger partial charge in [-0.2, -0.15) is 0 Å². The number of likely N-dealkylation sites (tertiary alicyclic amines) is 1. The van der Waals surface area contributed by atoms with Crippen molar-refractivity contribution in [3.63, 3.8) is 0 Å². The van der Waals surface area contributed by atoms with Crippen molar-refractivity contribution >= 4 is 11.7 Å². The molecule has 0 aliphatic carbocycles. The van der Waals surface area contributed by atoms with E-state index in [0.29, 0.717) is 40.0 Å². The maximum atomic E-state index is 13.2. The standard InChI is InChI=1S/C23H32N4O4/c1-15(2)26(3)22-17(23(28)27-10-8-7-9-11-27)14-24-21(25-22)16-12-18(29-4)20(31-6)19(13-16)30-5/h12-15H,7-11H2,1-6H3. The van der Waals surface area contributed by atoms with Gasteiger partial charge < -0.3 is 24.0 Å². The Morgan fingerprint density at radius 3 is 2.16 bits per heavy atom. The van der Waals surface area contributed by atoms with Gasteiger partial charge in [-0.3, -0.25) is 4.79 Å². The first-order valence-electron chi connectivity index (χ1n) is 10.6. The van der Waals surface area contributed by atoms with E-state index < -0.39 is 0 Å². The minimum absolute atomic E-state index is 0.0151. The largest absolute Gasteiger partial charge is 0.493 e. The van der Waals surface area contributed by atoms with E-state index in [1.807, 2.05) is 29.0 Å². The third kappa shape index (κ3) is 4.68. The first-order valence-corrected chi connectivity index (χ1v) is 10.6. The number of benzene rings is 1. The Kier molecular flexibility index (Phi) is 7.20. The highest BCUT2D eigenvalue weighted by Crippen LogP contribution is 2.40. The number of amides is 1. The summed E-state index contributed by atoms with van der Waals surface area (Å²) in [6.45, 7) is 5.68. The zero-order valence-electron chi connectivity index (χ0n) is 19.3. The Hall–Kier alpha value is -3.03. The molecule has 8 nitrogen and oxygen atoms in total. The highest BCUT2D eigenvalue weighted by molar-refractivity contribution is 5.99. The summed E-state index contributed by atoms with van der Waals surface area (Å²) in [7, 11) is 6.65. The first-order chi connectivity index (χ1) is 14.9. The van der Waals surface area contributed by atoms with Gasteiger partial charge in [-0.15, -0.1) is 0 Å². The van der Waals surface area contributed by atoms with Crippen molar-refractivity contribution in [2.75, 3.05) is 46.4 Å².